The summed E-state index contributed by atoms with van der Waals surface area (Å²) in [6.07, 6.45) is 5.25. The standard InChI is InChI=1S/C14H20BrN3O/c1-18(11-5-2-3-6-11)10-9-16-14(19)12-7-4-8-13(15)17-12/h4,7-8,11H,2-3,5-6,9-10H2,1H3,(H,16,19). The molecule has 4 nitrogen and oxygen atoms in total. The number of rotatable bonds is 5. The average Bonchev–Trinajstić information content (AvgIpc) is 2.92. The van der Waals surface area contributed by atoms with Gasteiger partial charge in [-0.3, -0.25) is 4.79 Å². The Labute approximate surface area is 122 Å². The zero-order valence-electron chi connectivity index (χ0n) is 11.2. The molecule has 1 amide bonds. The molecule has 1 aliphatic carbocycles. The van der Waals surface area contributed by atoms with Gasteiger partial charge in [-0.1, -0.05) is 18.9 Å². The van der Waals surface area contributed by atoms with Crippen molar-refractivity contribution in [2.24, 2.45) is 0 Å². The number of nitrogens with one attached hydrogen (secondary N) is 1. The van der Waals surface area contributed by atoms with Gasteiger partial charge in [0.2, 0.25) is 0 Å². The Kier molecular flexibility index (Phi) is 5.34. The van der Waals surface area contributed by atoms with Crippen LogP contribution < -0.4 is 5.32 Å². The second-order valence-electron chi connectivity index (χ2n) is 5.02. The number of halogens is 1. The fourth-order valence-electron chi connectivity index (χ4n) is 2.50. The molecule has 0 spiro atoms. The number of pyridine rings is 1. The third-order valence-electron chi connectivity index (χ3n) is 3.65. The lowest BCUT2D eigenvalue weighted by Gasteiger charge is -2.23. The van der Waals surface area contributed by atoms with E-state index >= 15 is 0 Å². The number of nitrogens with zero attached hydrogens (tertiary/aromatic N) is 2. The van der Waals surface area contributed by atoms with Crippen molar-refractivity contribution in [1.29, 1.82) is 0 Å². The molecule has 1 aromatic heterocycles. The first-order valence-corrected chi connectivity index (χ1v) is 7.57. The highest BCUT2D eigenvalue weighted by atomic mass is 79.9. The maximum absolute atomic E-state index is 11.9. The van der Waals surface area contributed by atoms with Gasteiger partial charge < -0.3 is 10.2 Å². The van der Waals surface area contributed by atoms with Gasteiger partial charge in [-0.15, -0.1) is 0 Å². The Morgan fingerprint density at radius 1 is 1.47 bits per heavy atom. The lowest BCUT2D eigenvalue weighted by atomic mass is 10.2. The molecule has 19 heavy (non-hydrogen) atoms. The smallest absolute Gasteiger partial charge is 0.269 e. The first-order valence-electron chi connectivity index (χ1n) is 6.78. The lowest BCUT2D eigenvalue weighted by molar-refractivity contribution is 0.0942. The van der Waals surface area contributed by atoms with Crippen LogP contribution in [-0.4, -0.2) is 42.0 Å². The van der Waals surface area contributed by atoms with E-state index < -0.39 is 0 Å². The van der Waals surface area contributed by atoms with Crippen LogP contribution in [0.4, 0.5) is 0 Å². The summed E-state index contributed by atoms with van der Waals surface area (Å²) in [7, 11) is 2.14. The zero-order valence-corrected chi connectivity index (χ0v) is 12.8. The molecule has 0 unspecified atom stereocenters. The normalized spacial score (nSPS) is 15.9. The summed E-state index contributed by atoms with van der Waals surface area (Å²) in [4.78, 5) is 18.4. The largest absolute Gasteiger partial charge is 0.349 e. The van der Waals surface area contributed by atoms with Crippen LogP contribution in [0.15, 0.2) is 22.8 Å². The molecule has 1 aliphatic rings. The summed E-state index contributed by atoms with van der Waals surface area (Å²) in [5.74, 6) is -0.110. The van der Waals surface area contributed by atoms with Gasteiger partial charge in [0.15, 0.2) is 0 Å². The summed E-state index contributed by atoms with van der Waals surface area (Å²) in [6.45, 7) is 1.56. The van der Waals surface area contributed by atoms with E-state index in [1.807, 2.05) is 12.1 Å². The number of amides is 1. The fraction of sp³-hybridized carbons (Fsp3) is 0.571. The van der Waals surface area contributed by atoms with E-state index in [9.17, 15) is 4.79 Å². The van der Waals surface area contributed by atoms with E-state index in [0.717, 1.165) is 6.54 Å². The van der Waals surface area contributed by atoms with Crippen LogP contribution in [0.1, 0.15) is 36.2 Å². The van der Waals surface area contributed by atoms with Crippen molar-refractivity contribution in [1.82, 2.24) is 15.2 Å². The van der Waals surface area contributed by atoms with Crippen molar-refractivity contribution in [3.05, 3.63) is 28.5 Å². The van der Waals surface area contributed by atoms with Crippen molar-refractivity contribution in [3.8, 4) is 0 Å². The Bertz CT molecular complexity index is 432. The van der Waals surface area contributed by atoms with Crippen LogP contribution in [-0.2, 0) is 0 Å². The minimum atomic E-state index is -0.110. The maximum Gasteiger partial charge on any atom is 0.269 e. The molecule has 0 bridgehead atoms. The summed E-state index contributed by atoms with van der Waals surface area (Å²) in [5.41, 5.74) is 0.456. The molecule has 1 N–H and O–H groups in total. The Hall–Kier alpha value is -0.940. The van der Waals surface area contributed by atoms with Crippen molar-refractivity contribution >= 4 is 21.8 Å². The first-order chi connectivity index (χ1) is 9.16. The predicted octanol–water partition coefficient (Wildman–Crippen LogP) is 2.45. The van der Waals surface area contributed by atoms with Crippen molar-refractivity contribution in [2.45, 2.75) is 31.7 Å². The van der Waals surface area contributed by atoms with Gasteiger partial charge in [-0.25, -0.2) is 4.98 Å². The molecule has 0 saturated heterocycles. The van der Waals surface area contributed by atoms with Gasteiger partial charge in [-0.2, -0.15) is 0 Å². The van der Waals surface area contributed by atoms with Crippen LogP contribution in [0.25, 0.3) is 0 Å². The van der Waals surface area contributed by atoms with Gasteiger partial charge in [0.05, 0.1) is 0 Å². The van der Waals surface area contributed by atoms with Crippen LogP contribution >= 0.6 is 15.9 Å². The number of hydrogen-bond acceptors (Lipinski definition) is 3. The number of hydrogen-bond donors (Lipinski definition) is 1. The topological polar surface area (TPSA) is 45.2 Å². The fourth-order valence-corrected chi connectivity index (χ4v) is 2.84. The molecular formula is C14H20BrN3O. The van der Waals surface area contributed by atoms with E-state index in [1.54, 1.807) is 6.07 Å². The van der Waals surface area contributed by atoms with Crippen molar-refractivity contribution in [3.63, 3.8) is 0 Å². The Morgan fingerprint density at radius 3 is 2.89 bits per heavy atom. The van der Waals surface area contributed by atoms with Gasteiger partial charge in [0.1, 0.15) is 10.3 Å². The van der Waals surface area contributed by atoms with Gasteiger partial charge in [0.25, 0.3) is 5.91 Å². The maximum atomic E-state index is 11.9. The average molecular weight is 326 g/mol. The second kappa shape index (κ2) is 7.01. The molecule has 104 valence electrons. The lowest BCUT2D eigenvalue weighted by Crippen LogP contribution is -2.37. The highest BCUT2D eigenvalue weighted by Gasteiger charge is 2.19. The molecule has 5 heteroatoms. The highest BCUT2D eigenvalue weighted by Crippen LogP contribution is 2.21. The van der Waals surface area contributed by atoms with Gasteiger partial charge in [0, 0.05) is 19.1 Å². The van der Waals surface area contributed by atoms with Crippen molar-refractivity contribution < 1.29 is 4.79 Å². The van der Waals surface area contributed by atoms with Crippen LogP contribution in [0.5, 0.6) is 0 Å². The summed E-state index contributed by atoms with van der Waals surface area (Å²) in [5, 5.41) is 2.92. The molecule has 1 fully saturated rings. The summed E-state index contributed by atoms with van der Waals surface area (Å²) in [6, 6.07) is 6.04. The minimum Gasteiger partial charge on any atom is -0.349 e. The Morgan fingerprint density at radius 2 is 2.21 bits per heavy atom. The van der Waals surface area contributed by atoms with Crippen LogP contribution in [0, 0.1) is 0 Å². The third-order valence-corrected chi connectivity index (χ3v) is 4.09. The first kappa shape index (κ1) is 14.5. The van der Waals surface area contributed by atoms with E-state index in [0.29, 0.717) is 22.9 Å². The summed E-state index contributed by atoms with van der Waals surface area (Å²) >= 11 is 3.27. The van der Waals surface area contributed by atoms with E-state index in [2.05, 4.69) is 38.2 Å². The molecule has 0 aromatic carbocycles. The second-order valence-corrected chi connectivity index (χ2v) is 5.83. The summed E-state index contributed by atoms with van der Waals surface area (Å²) < 4.78 is 0.684. The molecule has 0 radical (unpaired) electrons. The third kappa shape index (κ3) is 4.28. The number of carbonyl (C=O) groups excluding carboxylic acids is 1. The molecule has 1 aromatic rings. The number of carbonyl (C=O) groups is 1. The molecule has 0 atom stereocenters. The zero-order chi connectivity index (χ0) is 13.7. The monoisotopic (exact) mass is 325 g/mol. The Balaban J connectivity index is 1.74. The minimum absolute atomic E-state index is 0.110. The number of aromatic nitrogens is 1. The van der Waals surface area contributed by atoms with Crippen LogP contribution in [0.3, 0.4) is 0 Å². The molecule has 2 rings (SSSR count). The molecule has 1 heterocycles. The quantitative estimate of drug-likeness (QED) is 0.846. The van der Waals surface area contributed by atoms with E-state index in [-0.39, 0.29) is 5.91 Å². The van der Waals surface area contributed by atoms with Gasteiger partial charge >= 0.3 is 0 Å². The van der Waals surface area contributed by atoms with Crippen molar-refractivity contribution in [2.75, 3.05) is 20.1 Å². The van der Waals surface area contributed by atoms with Crippen LogP contribution in [0.2, 0.25) is 0 Å². The van der Waals surface area contributed by atoms with E-state index in [4.69, 9.17) is 0 Å². The SMILES string of the molecule is CN(CCNC(=O)c1cccc(Br)n1)C1CCCC1. The van der Waals surface area contributed by atoms with E-state index in [1.165, 1.54) is 25.7 Å². The predicted molar refractivity (Wildman–Crippen MR) is 79.2 cm³/mol. The molecular weight excluding hydrogens is 306 g/mol. The highest BCUT2D eigenvalue weighted by molar-refractivity contribution is 9.10. The molecule has 1 saturated carbocycles. The number of likely N-dealkylation sites (N-methyl/N-ethyl adjacent to an activating group) is 1. The molecule has 0 aliphatic heterocycles. The van der Waals surface area contributed by atoms with Gasteiger partial charge in [-0.05, 0) is 48.0 Å².